The molecule has 0 bridgehead atoms. The van der Waals surface area contributed by atoms with Gasteiger partial charge >= 0.3 is 0 Å². The Bertz CT molecular complexity index is 547. The number of hydrogen-bond acceptors (Lipinski definition) is 2. The first-order valence-electron chi connectivity index (χ1n) is 5.72. The molecular weight excluding hydrogens is 231 g/mol. The van der Waals surface area contributed by atoms with Crippen molar-refractivity contribution in [2.24, 2.45) is 0 Å². The summed E-state index contributed by atoms with van der Waals surface area (Å²) in [6, 6.07) is 11.6. The molecule has 0 unspecified atom stereocenters. The molecule has 0 aromatic heterocycles. The molecule has 0 N–H and O–H groups in total. The Morgan fingerprint density at radius 3 is 2.50 bits per heavy atom. The van der Waals surface area contributed by atoms with Gasteiger partial charge in [-0.15, -0.1) is 0 Å². The minimum absolute atomic E-state index is 0.346. The van der Waals surface area contributed by atoms with Crippen molar-refractivity contribution < 1.29 is 13.9 Å². The summed E-state index contributed by atoms with van der Waals surface area (Å²) in [5.74, 6) is 0.364. The third-order valence-corrected chi connectivity index (χ3v) is 2.62. The van der Waals surface area contributed by atoms with Crippen LogP contribution in [0.1, 0.15) is 17.3 Å². The topological polar surface area (TPSA) is 26.3 Å². The first-order valence-corrected chi connectivity index (χ1v) is 5.72. The van der Waals surface area contributed by atoms with Gasteiger partial charge in [0.05, 0.1) is 6.61 Å². The highest BCUT2D eigenvalue weighted by Gasteiger charge is 2.06. The van der Waals surface area contributed by atoms with E-state index in [0.717, 1.165) is 16.9 Å². The molecule has 0 amide bonds. The minimum atomic E-state index is -0.410. The van der Waals surface area contributed by atoms with E-state index in [1.54, 1.807) is 6.07 Å². The fourth-order valence-electron chi connectivity index (χ4n) is 1.79. The van der Waals surface area contributed by atoms with Crippen molar-refractivity contribution in [1.82, 2.24) is 0 Å². The first-order chi connectivity index (χ1) is 8.74. The Labute approximate surface area is 105 Å². The van der Waals surface area contributed by atoms with Crippen molar-refractivity contribution in [3.63, 3.8) is 0 Å². The highest BCUT2D eigenvalue weighted by molar-refractivity contribution is 5.87. The van der Waals surface area contributed by atoms with Crippen molar-refractivity contribution in [1.29, 1.82) is 0 Å². The summed E-state index contributed by atoms with van der Waals surface area (Å²) >= 11 is 0. The van der Waals surface area contributed by atoms with Crippen LogP contribution in [-0.2, 0) is 0 Å². The van der Waals surface area contributed by atoms with Gasteiger partial charge in [-0.25, -0.2) is 4.39 Å². The zero-order valence-electron chi connectivity index (χ0n) is 10.0. The Morgan fingerprint density at radius 2 is 1.89 bits per heavy atom. The van der Waals surface area contributed by atoms with Crippen LogP contribution in [0.2, 0.25) is 0 Å². The van der Waals surface area contributed by atoms with Crippen LogP contribution >= 0.6 is 0 Å². The lowest BCUT2D eigenvalue weighted by Gasteiger charge is -2.07. The van der Waals surface area contributed by atoms with Crippen LogP contribution in [0.3, 0.4) is 0 Å². The summed E-state index contributed by atoms with van der Waals surface area (Å²) in [6.45, 7) is 2.52. The van der Waals surface area contributed by atoms with Crippen molar-refractivity contribution in [3.05, 3.63) is 53.8 Å². The van der Waals surface area contributed by atoms with E-state index in [9.17, 15) is 9.18 Å². The summed E-state index contributed by atoms with van der Waals surface area (Å²) < 4.78 is 18.4. The zero-order chi connectivity index (χ0) is 13.0. The quantitative estimate of drug-likeness (QED) is 0.766. The molecule has 92 valence electrons. The smallest absolute Gasteiger partial charge is 0.150 e. The van der Waals surface area contributed by atoms with Crippen LogP contribution in [0, 0.1) is 5.82 Å². The molecule has 0 saturated carbocycles. The van der Waals surface area contributed by atoms with E-state index < -0.39 is 5.82 Å². The molecule has 0 atom stereocenters. The van der Waals surface area contributed by atoms with Gasteiger partial charge in [-0.1, -0.05) is 18.2 Å². The van der Waals surface area contributed by atoms with Crippen molar-refractivity contribution in [2.45, 2.75) is 6.92 Å². The van der Waals surface area contributed by atoms with Gasteiger partial charge < -0.3 is 4.74 Å². The lowest BCUT2D eigenvalue weighted by atomic mass is 10.0. The molecule has 0 aliphatic rings. The van der Waals surface area contributed by atoms with Crippen LogP contribution in [0.5, 0.6) is 5.75 Å². The third kappa shape index (κ3) is 2.56. The molecular formula is C15H13FO2. The predicted octanol–water partition coefficient (Wildman–Crippen LogP) is 3.70. The number of carbonyl (C=O) groups is 1. The lowest BCUT2D eigenvalue weighted by Crippen LogP contribution is -1.92. The number of halogens is 1. The molecule has 2 rings (SSSR count). The summed E-state index contributed by atoms with van der Waals surface area (Å²) in [5.41, 5.74) is 1.93. The molecule has 2 nitrogen and oxygen atoms in total. The minimum Gasteiger partial charge on any atom is -0.494 e. The first kappa shape index (κ1) is 12.3. The molecule has 2 aromatic rings. The number of rotatable bonds is 4. The average Bonchev–Trinajstić information content (AvgIpc) is 2.40. The second kappa shape index (κ2) is 5.45. The van der Waals surface area contributed by atoms with Crippen LogP contribution in [0.15, 0.2) is 42.5 Å². The second-order valence-corrected chi connectivity index (χ2v) is 3.81. The monoisotopic (exact) mass is 244 g/mol. The van der Waals surface area contributed by atoms with E-state index in [2.05, 4.69) is 0 Å². The van der Waals surface area contributed by atoms with E-state index in [4.69, 9.17) is 4.74 Å². The van der Waals surface area contributed by atoms with Gasteiger partial charge in [0, 0.05) is 5.56 Å². The lowest BCUT2D eigenvalue weighted by molar-refractivity contribution is 0.112. The maximum absolute atomic E-state index is 13.0. The van der Waals surface area contributed by atoms with E-state index in [1.807, 2.05) is 31.2 Å². The number of aldehydes is 1. The Hall–Kier alpha value is -2.16. The summed E-state index contributed by atoms with van der Waals surface area (Å²) in [4.78, 5) is 10.9. The summed E-state index contributed by atoms with van der Waals surface area (Å²) in [5, 5.41) is 0. The number of ether oxygens (including phenoxy) is 1. The van der Waals surface area contributed by atoms with E-state index in [0.29, 0.717) is 18.5 Å². The maximum atomic E-state index is 13.0. The van der Waals surface area contributed by atoms with Crippen molar-refractivity contribution >= 4 is 6.29 Å². The summed E-state index contributed by atoms with van der Waals surface area (Å²) in [6.07, 6.45) is 0.662. The van der Waals surface area contributed by atoms with Crippen molar-refractivity contribution in [3.8, 4) is 16.9 Å². The highest BCUT2D eigenvalue weighted by Crippen LogP contribution is 2.25. The van der Waals surface area contributed by atoms with Crippen LogP contribution in [-0.4, -0.2) is 12.9 Å². The van der Waals surface area contributed by atoms with E-state index >= 15 is 0 Å². The van der Waals surface area contributed by atoms with Gasteiger partial charge in [-0.05, 0) is 42.3 Å². The summed E-state index contributed by atoms with van der Waals surface area (Å²) in [7, 11) is 0. The number of carbonyl (C=O) groups excluding carboxylic acids is 1. The van der Waals surface area contributed by atoms with Gasteiger partial charge in [0.1, 0.15) is 11.6 Å². The van der Waals surface area contributed by atoms with Crippen molar-refractivity contribution in [2.75, 3.05) is 6.61 Å². The molecule has 0 fully saturated rings. The SMILES string of the molecule is CCOc1ccc(-c2ccc(F)cc2C=O)cc1. The molecule has 3 heteroatoms. The standard InChI is InChI=1S/C15H13FO2/c1-2-18-14-6-3-11(4-7-14)15-8-5-13(16)9-12(15)10-17/h3-10H,2H2,1H3. The molecule has 0 aliphatic heterocycles. The Morgan fingerprint density at radius 1 is 1.17 bits per heavy atom. The molecule has 18 heavy (non-hydrogen) atoms. The molecule has 0 saturated heterocycles. The normalized spacial score (nSPS) is 10.1. The van der Waals surface area contributed by atoms with Crippen LogP contribution < -0.4 is 4.74 Å². The fraction of sp³-hybridized carbons (Fsp3) is 0.133. The van der Waals surface area contributed by atoms with Gasteiger partial charge in [0.15, 0.2) is 6.29 Å². The van der Waals surface area contributed by atoms with E-state index in [-0.39, 0.29) is 0 Å². The van der Waals surface area contributed by atoms with Gasteiger partial charge in [-0.2, -0.15) is 0 Å². The highest BCUT2D eigenvalue weighted by atomic mass is 19.1. The predicted molar refractivity (Wildman–Crippen MR) is 68.4 cm³/mol. The molecule has 0 radical (unpaired) electrons. The van der Waals surface area contributed by atoms with Gasteiger partial charge in [0.25, 0.3) is 0 Å². The molecule has 2 aromatic carbocycles. The number of benzene rings is 2. The molecule has 0 aliphatic carbocycles. The average molecular weight is 244 g/mol. The van der Waals surface area contributed by atoms with Crippen LogP contribution in [0.4, 0.5) is 4.39 Å². The fourth-order valence-corrected chi connectivity index (χ4v) is 1.79. The maximum Gasteiger partial charge on any atom is 0.150 e. The molecule has 0 spiro atoms. The van der Waals surface area contributed by atoms with Gasteiger partial charge in [-0.3, -0.25) is 4.79 Å². The second-order valence-electron chi connectivity index (χ2n) is 3.81. The molecule has 0 heterocycles. The largest absolute Gasteiger partial charge is 0.494 e. The zero-order valence-corrected chi connectivity index (χ0v) is 10.0. The number of hydrogen-bond donors (Lipinski definition) is 0. The van der Waals surface area contributed by atoms with E-state index in [1.165, 1.54) is 12.1 Å². The van der Waals surface area contributed by atoms with Gasteiger partial charge in [0.2, 0.25) is 0 Å². The van der Waals surface area contributed by atoms with Crippen LogP contribution in [0.25, 0.3) is 11.1 Å². The Kier molecular flexibility index (Phi) is 3.72. The third-order valence-electron chi connectivity index (χ3n) is 2.62. The Balaban J connectivity index is 2.39.